The highest BCUT2D eigenvalue weighted by Gasteiger charge is 2.07. The molecule has 0 amide bonds. The molecule has 0 spiro atoms. The Labute approximate surface area is 70.1 Å². The molecular weight excluding hydrogens is 158 g/mol. The Balaban J connectivity index is 0.000000281. The van der Waals surface area contributed by atoms with Crippen LogP contribution in [0.15, 0.2) is 29.2 Å². The second-order valence-electron chi connectivity index (χ2n) is 2.03. The molecule has 58 valence electrons. The third-order valence-electron chi connectivity index (χ3n) is 1.42. The van der Waals surface area contributed by atoms with Gasteiger partial charge >= 0.3 is 0 Å². The second kappa shape index (κ2) is 4.16. The lowest BCUT2D eigenvalue weighted by atomic mass is 10.2. The van der Waals surface area contributed by atoms with Gasteiger partial charge < -0.3 is 4.79 Å². The molecule has 0 saturated heterocycles. The molecule has 0 aromatic heterocycles. The van der Waals surface area contributed by atoms with E-state index >= 15 is 0 Å². The van der Waals surface area contributed by atoms with E-state index in [0.29, 0.717) is 0 Å². The van der Waals surface area contributed by atoms with Crippen molar-refractivity contribution in [2.24, 2.45) is 0 Å². The van der Waals surface area contributed by atoms with Crippen LogP contribution in [-0.4, -0.2) is 6.79 Å². The van der Waals surface area contributed by atoms with Gasteiger partial charge in [-0.3, -0.25) is 4.72 Å². The van der Waals surface area contributed by atoms with Crippen molar-refractivity contribution in [2.45, 2.75) is 11.4 Å². The fourth-order valence-corrected chi connectivity index (χ4v) is 1.74. The molecule has 0 unspecified atom stereocenters. The molecule has 0 bridgehead atoms. The Morgan fingerprint density at radius 3 is 2.82 bits per heavy atom. The molecule has 1 aliphatic rings. The molecular formula is C8H9NOS. The van der Waals surface area contributed by atoms with E-state index in [-0.39, 0.29) is 0 Å². The highest BCUT2D eigenvalue weighted by molar-refractivity contribution is 7.97. The lowest BCUT2D eigenvalue weighted by Gasteiger charge is -1.90. The minimum atomic E-state index is 1.01. The van der Waals surface area contributed by atoms with Gasteiger partial charge in [-0.05, 0) is 23.6 Å². The number of hydrogen-bond acceptors (Lipinski definition) is 3. The highest BCUT2D eigenvalue weighted by Crippen LogP contribution is 2.25. The van der Waals surface area contributed by atoms with Crippen molar-refractivity contribution >= 4 is 18.7 Å². The maximum atomic E-state index is 8.00. The average Bonchev–Trinajstić information content (AvgIpc) is 2.55. The normalized spacial score (nSPS) is 13.1. The lowest BCUT2D eigenvalue weighted by Crippen LogP contribution is -1.90. The van der Waals surface area contributed by atoms with E-state index in [1.165, 1.54) is 10.5 Å². The summed E-state index contributed by atoms with van der Waals surface area (Å²) in [6.45, 7) is 3.01. The molecule has 0 saturated carbocycles. The predicted molar refractivity (Wildman–Crippen MR) is 46.3 cm³/mol. The lowest BCUT2D eigenvalue weighted by molar-refractivity contribution is -0.0979. The van der Waals surface area contributed by atoms with Crippen molar-refractivity contribution in [1.29, 1.82) is 0 Å². The van der Waals surface area contributed by atoms with E-state index in [1.807, 2.05) is 6.79 Å². The molecule has 1 N–H and O–H groups in total. The van der Waals surface area contributed by atoms with Crippen LogP contribution < -0.4 is 4.72 Å². The fraction of sp³-hybridized carbons (Fsp3) is 0.125. The number of fused-ring (bicyclic) bond motifs is 1. The summed E-state index contributed by atoms with van der Waals surface area (Å²) >= 11 is 1.72. The van der Waals surface area contributed by atoms with Crippen molar-refractivity contribution in [3.63, 3.8) is 0 Å². The van der Waals surface area contributed by atoms with Gasteiger partial charge in [0.1, 0.15) is 6.79 Å². The zero-order valence-electron chi connectivity index (χ0n) is 6.04. The van der Waals surface area contributed by atoms with Crippen LogP contribution in [0.5, 0.6) is 0 Å². The first-order valence-electron chi connectivity index (χ1n) is 3.23. The van der Waals surface area contributed by atoms with Gasteiger partial charge in [-0.1, -0.05) is 18.2 Å². The molecule has 0 fully saturated rings. The average molecular weight is 167 g/mol. The smallest absolute Gasteiger partial charge is 0.106 e. The van der Waals surface area contributed by atoms with E-state index in [2.05, 4.69) is 29.0 Å². The summed E-state index contributed by atoms with van der Waals surface area (Å²) in [5.74, 6) is 0. The van der Waals surface area contributed by atoms with Gasteiger partial charge in [0.05, 0.1) is 0 Å². The van der Waals surface area contributed by atoms with Gasteiger partial charge in [0, 0.05) is 11.4 Å². The molecule has 0 radical (unpaired) electrons. The zero-order chi connectivity index (χ0) is 8.10. The van der Waals surface area contributed by atoms with Crippen LogP contribution in [0.3, 0.4) is 0 Å². The Kier molecular flexibility index (Phi) is 3.14. The molecule has 1 aliphatic heterocycles. The number of benzene rings is 1. The van der Waals surface area contributed by atoms with Gasteiger partial charge in [0.2, 0.25) is 0 Å². The van der Waals surface area contributed by atoms with E-state index in [9.17, 15) is 0 Å². The van der Waals surface area contributed by atoms with E-state index in [4.69, 9.17) is 4.79 Å². The summed E-state index contributed by atoms with van der Waals surface area (Å²) in [6.07, 6.45) is 0. The Hall–Kier alpha value is -0.800. The third-order valence-corrected chi connectivity index (χ3v) is 2.32. The van der Waals surface area contributed by atoms with Crippen LogP contribution in [-0.2, 0) is 11.3 Å². The Morgan fingerprint density at radius 2 is 2.09 bits per heavy atom. The van der Waals surface area contributed by atoms with Crippen molar-refractivity contribution in [3.8, 4) is 0 Å². The zero-order valence-corrected chi connectivity index (χ0v) is 6.86. The number of carbonyl (C=O) groups excluding carboxylic acids is 1. The number of nitrogens with one attached hydrogen (secondary N) is 1. The maximum absolute atomic E-state index is 8.00. The van der Waals surface area contributed by atoms with Crippen LogP contribution in [0.25, 0.3) is 0 Å². The first-order chi connectivity index (χ1) is 5.47. The van der Waals surface area contributed by atoms with E-state index < -0.39 is 0 Å². The first-order valence-corrected chi connectivity index (χ1v) is 4.05. The summed E-state index contributed by atoms with van der Waals surface area (Å²) in [4.78, 5) is 9.37. The molecule has 0 atom stereocenters. The second-order valence-corrected chi connectivity index (χ2v) is 2.96. The van der Waals surface area contributed by atoms with Crippen LogP contribution in [0.4, 0.5) is 0 Å². The van der Waals surface area contributed by atoms with Gasteiger partial charge in [-0.25, -0.2) is 0 Å². The van der Waals surface area contributed by atoms with Crippen LogP contribution in [0.2, 0.25) is 0 Å². The quantitative estimate of drug-likeness (QED) is 0.595. The van der Waals surface area contributed by atoms with Gasteiger partial charge in [-0.15, -0.1) is 0 Å². The van der Waals surface area contributed by atoms with Crippen molar-refractivity contribution in [2.75, 3.05) is 0 Å². The molecule has 0 aliphatic carbocycles. The molecule has 3 heteroatoms. The van der Waals surface area contributed by atoms with Crippen molar-refractivity contribution in [3.05, 3.63) is 29.8 Å². The molecule has 1 aromatic rings. The minimum Gasteiger partial charge on any atom is -0.307 e. The number of rotatable bonds is 0. The maximum Gasteiger partial charge on any atom is 0.106 e. The standard InChI is InChI=1S/C7H7NS.CH2O/c1-2-4-7-6(3-1)5-8-9-7;1-2/h1-4,8H,5H2;1H2. The summed E-state index contributed by atoms with van der Waals surface area (Å²) in [6, 6.07) is 8.44. The third kappa shape index (κ3) is 1.82. The molecule has 2 nitrogen and oxygen atoms in total. The molecule has 1 aromatic carbocycles. The Bertz CT molecular complexity index is 216. The first kappa shape index (κ1) is 8.30. The monoisotopic (exact) mass is 167 g/mol. The molecule has 11 heavy (non-hydrogen) atoms. The van der Waals surface area contributed by atoms with Crippen molar-refractivity contribution < 1.29 is 4.79 Å². The van der Waals surface area contributed by atoms with Gasteiger partial charge in [0.25, 0.3) is 0 Å². The highest BCUT2D eigenvalue weighted by atomic mass is 32.2. The Morgan fingerprint density at radius 1 is 1.36 bits per heavy atom. The van der Waals surface area contributed by atoms with Gasteiger partial charge in [-0.2, -0.15) is 0 Å². The van der Waals surface area contributed by atoms with Crippen molar-refractivity contribution in [1.82, 2.24) is 4.72 Å². The summed E-state index contributed by atoms with van der Waals surface area (Å²) in [7, 11) is 0. The molecule has 2 rings (SSSR count). The fourth-order valence-electron chi connectivity index (χ4n) is 0.941. The molecule has 1 heterocycles. The summed E-state index contributed by atoms with van der Waals surface area (Å²) in [5.41, 5.74) is 1.42. The van der Waals surface area contributed by atoms with Gasteiger partial charge in [0.15, 0.2) is 0 Å². The predicted octanol–water partition coefficient (Wildman–Crippen LogP) is 1.61. The largest absolute Gasteiger partial charge is 0.307 e. The SMILES string of the molecule is C=O.c1ccc2c(c1)CNS2. The summed E-state index contributed by atoms with van der Waals surface area (Å²) < 4.78 is 3.20. The minimum absolute atomic E-state index is 1.01. The number of hydrogen-bond donors (Lipinski definition) is 1. The van der Waals surface area contributed by atoms with Crippen LogP contribution in [0.1, 0.15) is 5.56 Å². The van der Waals surface area contributed by atoms with Crippen LogP contribution >= 0.6 is 11.9 Å². The van der Waals surface area contributed by atoms with E-state index in [1.54, 1.807) is 11.9 Å². The van der Waals surface area contributed by atoms with E-state index in [0.717, 1.165) is 6.54 Å². The topological polar surface area (TPSA) is 29.1 Å². The summed E-state index contributed by atoms with van der Waals surface area (Å²) in [5, 5.41) is 0. The number of carbonyl (C=O) groups is 1. The van der Waals surface area contributed by atoms with Crippen LogP contribution in [0, 0.1) is 0 Å².